The van der Waals surface area contributed by atoms with Crippen LogP contribution in [0.2, 0.25) is 0 Å². The van der Waals surface area contributed by atoms with Gasteiger partial charge >= 0.3 is 5.97 Å². The monoisotopic (exact) mass is 612 g/mol. The van der Waals surface area contributed by atoms with E-state index in [0.717, 1.165) is 42.7 Å². The van der Waals surface area contributed by atoms with Crippen molar-refractivity contribution in [1.29, 1.82) is 0 Å². The summed E-state index contributed by atoms with van der Waals surface area (Å²) in [6.07, 6.45) is 21.9. The van der Waals surface area contributed by atoms with Crippen molar-refractivity contribution in [1.82, 2.24) is 0 Å². The third kappa shape index (κ3) is 14.3. The number of hydrogen-bond acceptors (Lipinski definition) is 3. The maximum Gasteiger partial charge on any atom is 0.306 e. The van der Waals surface area contributed by atoms with Crippen LogP contribution in [0.1, 0.15) is 148 Å². The Morgan fingerprint density at radius 1 is 0.556 bits per heavy atom. The number of carbonyl (C=O) groups is 1. The molecule has 0 saturated heterocycles. The largest absolute Gasteiger partial charge is 0.494 e. The third-order valence-corrected chi connectivity index (χ3v) is 8.84. The van der Waals surface area contributed by atoms with E-state index in [1.54, 1.807) is 0 Å². The molecule has 0 aliphatic rings. The molecule has 0 N–H and O–H groups in total. The lowest BCUT2D eigenvalue weighted by Crippen LogP contribution is -2.08. The fourth-order valence-electron chi connectivity index (χ4n) is 5.98. The maximum atomic E-state index is 12.4. The first-order valence-corrected chi connectivity index (χ1v) is 18.2. The lowest BCUT2D eigenvalue weighted by Gasteiger charge is -2.15. The zero-order chi connectivity index (χ0) is 32.0. The third-order valence-electron chi connectivity index (χ3n) is 8.84. The van der Waals surface area contributed by atoms with Gasteiger partial charge in [0.15, 0.2) is 0 Å². The van der Waals surface area contributed by atoms with Gasteiger partial charge in [0, 0.05) is 6.42 Å². The van der Waals surface area contributed by atoms with Crippen LogP contribution < -0.4 is 4.74 Å². The van der Waals surface area contributed by atoms with Gasteiger partial charge in [-0.1, -0.05) is 171 Å². The van der Waals surface area contributed by atoms with Crippen LogP contribution >= 0.6 is 0 Å². The molecule has 3 rings (SSSR count). The first kappa shape index (κ1) is 36.4. The Bertz CT molecular complexity index is 1180. The number of benzene rings is 3. The Kier molecular flexibility index (Phi) is 18.1. The molecule has 0 bridgehead atoms. The Balaban J connectivity index is 1.43. The summed E-state index contributed by atoms with van der Waals surface area (Å²) in [4.78, 5) is 12.4. The fraction of sp³-hybridized carbons (Fsp3) is 0.548. The van der Waals surface area contributed by atoms with E-state index < -0.39 is 0 Å². The standard InChI is InChI=1S/C42H60O3/c1-4-6-8-10-12-14-16-18-22-34-44-39-32-30-38(31-33-39)41-24-21-20-23-40(41)37-28-26-36(27-29-37)35(3)45-42(43)25-19-17-15-13-11-9-7-5-2/h20-21,23-24,26-33,35H,4-19,22,25,34H2,1-3H3. The minimum atomic E-state index is -0.251. The molecular weight excluding hydrogens is 552 g/mol. The predicted molar refractivity (Wildman–Crippen MR) is 192 cm³/mol. The normalized spacial score (nSPS) is 11.8. The molecule has 246 valence electrons. The maximum absolute atomic E-state index is 12.4. The summed E-state index contributed by atoms with van der Waals surface area (Å²) in [6, 6.07) is 25.5. The second kappa shape index (κ2) is 22.4. The highest BCUT2D eigenvalue weighted by atomic mass is 16.5. The molecular formula is C42H60O3. The van der Waals surface area contributed by atoms with Crippen LogP contribution in [-0.2, 0) is 9.53 Å². The summed E-state index contributed by atoms with van der Waals surface area (Å²) in [5.74, 6) is 0.842. The van der Waals surface area contributed by atoms with E-state index >= 15 is 0 Å². The van der Waals surface area contributed by atoms with Crippen molar-refractivity contribution in [3.05, 3.63) is 78.4 Å². The van der Waals surface area contributed by atoms with E-state index in [9.17, 15) is 4.79 Å². The SMILES string of the molecule is CCCCCCCCCCCOc1ccc(-c2ccccc2-c2ccc(C(C)OC(=O)CCCCCCCCCC)cc2)cc1. The molecule has 0 aliphatic heterocycles. The van der Waals surface area contributed by atoms with Crippen LogP contribution in [0.3, 0.4) is 0 Å². The molecule has 0 radical (unpaired) electrons. The molecule has 0 aliphatic carbocycles. The van der Waals surface area contributed by atoms with Gasteiger partial charge in [-0.05, 0) is 59.7 Å². The smallest absolute Gasteiger partial charge is 0.306 e. The van der Waals surface area contributed by atoms with E-state index in [-0.39, 0.29) is 12.1 Å². The number of unbranched alkanes of at least 4 members (excludes halogenated alkanes) is 15. The Labute approximate surface area is 275 Å². The van der Waals surface area contributed by atoms with E-state index in [1.165, 1.54) is 107 Å². The second-order valence-corrected chi connectivity index (χ2v) is 12.7. The van der Waals surface area contributed by atoms with Crippen molar-refractivity contribution < 1.29 is 14.3 Å². The lowest BCUT2D eigenvalue weighted by molar-refractivity contribution is -0.148. The van der Waals surface area contributed by atoms with Gasteiger partial charge in [-0.3, -0.25) is 4.79 Å². The van der Waals surface area contributed by atoms with Crippen molar-refractivity contribution in [2.24, 2.45) is 0 Å². The van der Waals surface area contributed by atoms with Crippen molar-refractivity contribution in [2.75, 3.05) is 6.61 Å². The Morgan fingerprint density at radius 3 is 1.51 bits per heavy atom. The molecule has 1 atom stereocenters. The van der Waals surface area contributed by atoms with Crippen LogP contribution in [0.25, 0.3) is 22.3 Å². The highest BCUT2D eigenvalue weighted by molar-refractivity contribution is 5.83. The number of carbonyl (C=O) groups excluding carboxylic acids is 1. The van der Waals surface area contributed by atoms with Gasteiger partial charge in [0.25, 0.3) is 0 Å². The molecule has 0 fully saturated rings. The van der Waals surface area contributed by atoms with Gasteiger partial charge in [-0.25, -0.2) is 0 Å². The summed E-state index contributed by atoms with van der Waals surface area (Å²) in [5, 5.41) is 0. The predicted octanol–water partition coefficient (Wildman–Crippen LogP) is 13.1. The van der Waals surface area contributed by atoms with Crippen molar-refractivity contribution in [3.63, 3.8) is 0 Å². The van der Waals surface area contributed by atoms with Crippen LogP contribution in [0.5, 0.6) is 5.75 Å². The molecule has 3 aromatic rings. The quantitative estimate of drug-likeness (QED) is 0.0745. The minimum absolute atomic E-state index is 0.0940. The zero-order valence-electron chi connectivity index (χ0n) is 28.7. The van der Waals surface area contributed by atoms with Gasteiger partial charge in [0.2, 0.25) is 0 Å². The van der Waals surface area contributed by atoms with Gasteiger partial charge in [-0.15, -0.1) is 0 Å². The van der Waals surface area contributed by atoms with Crippen LogP contribution in [0, 0.1) is 0 Å². The Hall–Kier alpha value is -3.07. The molecule has 0 heterocycles. The van der Waals surface area contributed by atoms with Gasteiger partial charge in [-0.2, -0.15) is 0 Å². The first-order valence-electron chi connectivity index (χ1n) is 18.2. The highest BCUT2D eigenvalue weighted by Gasteiger charge is 2.13. The van der Waals surface area contributed by atoms with E-state index in [0.29, 0.717) is 6.42 Å². The molecule has 45 heavy (non-hydrogen) atoms. The van der Waals surface area contributed by atoms with Crippen LogP contribution in [0.15, 0.2) is 72.8 Å². The van der Waals surface area contributed by atoms with E-state index in [4.69, 9.17) is 9.47 Å². The topological polar surface area (TPSA) is 35.5 Å². The first-order chi connectivity index (χ1) is 22.1. The van der Waals surface area contributed by atoms with Crippen molar-refractivity contribution in [2.45, 2.75) is 142 Å². The van der Waals surface area contributed by atoms with Crippen LogP contribution in [0.4, 0.5) is 0 Å². The molecule has 0 saturated carbocycles. The molecule has 0 aromatic heterocycles. The second-order valence-electron chi connectivity index (χ2n) is 12.7. The number of rotatable bonds is 24. The fourth-order valence-corrected chi connectivity index (χ4v) is 5.98. The summed E-state index contributed by atoms with van der Waals surface area (Å²) >= 11 is 0. The van der Waals surface area contributed by atoms with E-state index in [1.807, 2.05) is 6.92 Å². The molecule has 1 unspecified atom stereocenters. The summed E-state index contributed by atoms with van der Waals surface area (Å²) in [7, 11) is 0. The minimum Gasteiger partial charge on any atom is -0.494 e. The molecule has 0 spiro atoms. The van der Waals surface area contributed by atoms with Crippen LogP contribution in [-0.4, -0.2) is 12.6 Å². The number of hydrogen-bond donors (Lipinski definition) is 0. The number of esters is 1. The molecule has 3 aromatic carbocycles. The van der Waals surface area contributed by atoms with E-state index in [2.05, 4.69) is 86.6 Å². The lowest BCUT2D eigenvalue weighted by atomic mass is 9.93. The van der Waals surface area contributed by atoms with Crippen molar-refractivity contribution >= 4 is 5.97 Å². The Morgan fingerprint density at radius 2 is 1.00 bits per heavy atom. The van der Waals surface area contributed by atoms with Gasteiger partial charge < -0.3 is 9.47 Å². The average Bonchev–Trinajstić information content (AvgIpc) is 3.07. The average molecular weight is 613 g/mol. The summed E-state index contributed by atoms with van der Waals surface area (Å²) < 4.78 is 11.8. The molecule has 0 amide bonds. The highest BCUT2D eigenvalue weighted by Crippen LogP contribution is 2.34. The summed E-state index contributed by atoms with van der Waals surface area (Å²) in [5.41, 5.74) is 5.73. The van der Waals surface area contributed by atoms with Gasteiger partial charge in [0.1, 0.15) is 11.9 Å². The summed E-state index contributed by atoms with van der Waals surface area (Å²) in [6.45, 7) is 7.27. The van der Waals surface area contributed by atoms with Gasteiger partial charge in [0.05, 0.1) is 6.61 Å². The number of ether oxygens (including phenoxy) is 2. The van der Waals surface area contributed by atoms with Crippen molar-refractivity contribution in [3.8, 4) is 28.0 Å². The molecule has 3 heteroatoms. The zero-order valence-corrected chi connectivity index (χ0v) is 28.7. The molecule has 3 nitrogen and oxygen atoms in total.